The molecule has 0 atom stereocenters. The largest absolute Gasteiger partial charge is 0.468 e. The predicted octanol–water partition coefficient (Wildman–Crippen LogP) is 4.23. The van der Waals surface area contributed by atoms with Crippen molar-refractivity contribution < 1.29 is 19.1 Å². The van der Waals surface area contributed by atoms with Gasteiger partial charge in [0.25, 0.3) is 0 Å². The molecule has 0 spiro atoms. The van der Waals surface area contributed by atoms with Crippen molar-refractivity contribution >= 4 is 11.9 Å². The van der Waals surface area contributed by atoms with Gasteiger partial charge < -0.3 is 9.47 Å². The summed E-state index contributed by atoms with van der Waals surface area (Å²) in [5.74, 6) is -0.956. The highest BCUT2D eigenvalue weighted by Gasteiger charge is 2.49. The fraction of sp³-hybridized carbons (Fsp3) is 0.524. The number of allylic oxidation sites excluding steroid dienone is 2. The van der Waals surface area contributed by atoms with E-state index < -0.39 is 17.4 Å². The van der Waals surface area contributed by atoms with Crippen LogP contribution in [-0.4, -0.2) is 26.2 Å². The third kappa shape index (κ3) is 4.94. The second-order valence-corrected chi connectivity index (χ2v) is 6.69. The van der Waals surface area contributed by atoms with Gasteiger partial charge in [0.05, 0.1) is 14.2 Å². The Morgan fingerprint density at radius 1 is 1.08 bits per heavy atom. The smallest absolute Gasteiger partial charge is 0.323 e. The molecule has 0 aromatic heterocycles. The van der Waals surface area contributed by atoms with Gasteiger partial charge in [0.15, 0.2) is 5.41 Å². The first-order valence-electron chi connectivity index (χ1n) is 9.01. The minimum atomic E-state index is -1.16. The Bertz CT molecular complexity index is 588. The van der Waals surface area contributed by atoms with Crippen LogP contribution in [0.5, 0.6) is 0 Å². The number of hydrogen-bond acceptors (Lipinski definition) is 4. The first kappa shape index (κ1) is 19.2. The van der Waals surface area contributed by atoms with Crippen LogP contribution in [0.4, 0.5) is 0 Å². The van der Waals surface area contributed by atoms with Crippen molar-refractivity contribution in [2.24, 2.45) is 5.41 Å². The molecule has 1 aromatic carbocycles. The van der Waals surface area contributed by atoms with E-state index >= 15 is 0 Å². The van der Waals surface area contributed by atoms with Crippen molar-refractivity contribution in [2.75, 3.05) is 14.2 Å². The maximum Gasteiger partial charge on any atom is 0.323 e. The third-order valence-electron chi connectivity index (χ3n) is 4.98. The molecule has 0 amide bonds. The van der Waals surface area contributed by atoms with Crippen LogP contribution in [0.3, 0.4) is 0 Å². The van der Waals surface area contributed by atoms with E-state index in [1.807, 2.05) is 6.07 Å². The Balaban J connectivity index is 1.89. The zero-order valence-electron chi connectivity index (χ0n) is 15.3. The molecule has 0 radical (unpaired) electrons. The average Bonchev–Trinajstić information content (AvgIpc) is 2.67. The number of ether oxygens (including phenoxy) is 2. The Kier molecular flexibility index (Phi) is 7.23. The molecule has 0 saturated heterocycles. The number of carbonyl (C=O) groups is 2. The second-order valence-electron chi connectivity index (χ2n) is 6.69. The highest BCUT2D eigenvalue weighted by molar-refractivity contribution is 6.00. The molecular formula is C21H28O4. The van der Waals surface area contributed by atoms with E-state index in [1.165, 1.54) is 25.4 Å². The molecule has 1 aliphatic rings. The molecule has 2 rings (SSSR count). The zero-order chi connectivity index (χ0) is 18.1. The SMILES string of the molecule is COC(=O)C1(C(=O)OC)CCC/C(=C\CCCCc2ccccc2)C1. The van der Waals surface area contributed by atoms with E-state index in [0.29, 0.717) is 12.8 Å². The van der Waals surface area contributed by atoms with Crippen LogP contribution in [0.1, 0.15) is 50.5 Å². The molecule has 4 heteroatoms. The van der Waals surface area contributed by atoms with Gasteiger partial charge in [0, 0.05) is 0 Å². The van der Waals surface area contributed by atoms with E-state index in [-0.39, 0.29) is 0 Å². The molecule has 1 fully saturated rings. The lowest BCUT2D eigenvalue weighted by Crippen LogP contribution is -2.43. The lowest BCUT2D eigenvalue weighted by atomic mass is 9.71. The van der Waals surface area contributed by atoms with Crippen LogP contribution in [0.25, 0.3) is 0 Å². The highest BCUT2D eigenvalue weighted by atomic mass is 16.5. The number of carbonyl (C=O) groups excluding carboxylic acids is 2. The molecule has 0 bridgehead atoms. The summed E-state index contributed by atoms with van der Waals surface area (Å²) in [5.41, 5.74) is 1.38. The van der Waals surface area contributed by atoms with Crippen LogP contribution in [0, 0.1) is 5.41 Å². The maximum atomic E-state index is 12.2. The number of unbranched alkanes of at least 4 members (excludes halogenated alkanes) is 2. The minimum Gasteiger partial charge on any atom is -0.468 e. The summed E-state index contributed by atoms with van der Waals surface area (Å²) in [6.45, 7) is 0. The van der Waals surface area contributed by atoms with Gasteiger partial charge in [-0.05, 0) is 56.9 Å². The molecule has 0 unspecified atom stereocenters. The minimum absolute atomic E-state index is 0.422. The van der Waals surface area contributed by atoms with Crippen molar-refractivity contribution in [3.05, 3.63) is 47.5 Å². The lowest BCUT2D eigenvalue weighted by Gasteiger charge is -2.33. The standard InChI is InChI=1S/C21H28O4/c1-24-19(22)21(20(23)25-2)15-9-14-18(16-21)13-8-4-7-12-17-10-5-3-6-11-17/h3,5-6,10-11,13H,4,7-9,12,14-16H2,1-2H3/b18-13+. The van der Waals surface area contributed by atoms with Crippen LogP contribution in [-0.2, 0) is 25.5 Å². The monoisotopic (exact) mass is 344 g/mol. The molecule has 25 heavy (non-hydrogen) atoms. The van der Waals surface area contributed by atoms with Crippen molar-refractivity contribution in [2.45, 2.75) is 51.4 Å². The van der Waals surface area contributed by atoms with Crippen LogP contribution < -0.4 is 0 Å². The first-order valence-corrected chi connectivity index (χ1v) is 9.01. The summed E-state index contributed by atoms with van der Waals surface area (Å²) in [7, 11) is 2.66. The number of esters is 2. The molecule has 1 aliphatic carbocycles. The number of methoxy groups -OCH3 is 2. The van der Waals surface area contributed by atoms with Crippen molar-refractivity contribution in [3.63, 3.8) is 0 Å². The molecular weight excluding hydrogens is 316 g/mol. The first-order chi connectivity index (χ1) is 12.1. The fourth-order valence-corrected chi connectivity index (χ4v) is 3.60. The van der Waals surface area contributed by atoms with Gasteiger partial charge in [-0.15, -0.1) is 0 Å². The van der Waals surface area contributed by atoms with Gasteiger partial charge in [-0.1, -0.05) is 42.0 Å². The number of benzene rings is 1. The van der Waals surface area contributed by atoms with E-state index in [0.717, 1.165) is 38.5 Å². The van der Waals surface area contributed by atoms with Crippen molar-refractivity contribution in [1.29, 1.82) is 0 Å². The molecule has 136 valence electrons. The van der Waals surface area contributed by atoms with Crippen LogP contribution in [0.2, 0.25) is 0 Å². The number of aryl methyl sites for hydroxylation is 1. The van der Waals surface area contributed by atoms with Gasteiger partial charge >= 0.3 is 11.9 Å². The van der Waals surface area contributed by atoms with Gasteiger partial charge in [-0.2, -0.15) is 0 Å². The van der Waals surface area contributed by atoms with Crippen molar-refractivity contribution in [1.82, 2.24) is 0 Å². The quantitative estimate of drug-likeness (QED) is 0.321. The summed E-state index contributed by atoms with van der Waals surface area (Å²) in [4.78, 5) is 24.4. The number of rotatable bonds is 7. The highest BCUT2D eigenvalue weighted by Crippen LogP contribution is 2.41. The second kappa shape index (κ2) is 9.40. The van der Waals surface area contributed by atoms with E-state index in [2.05, 4.69) is 30.3 Å². The lowest BCUT2D eigenvalue weighted by molar-refractivity contribution is -0.170. The Hall–Kier alpha value is -2.10. The van der Waals surface area contributed by atoms with E-state index in [4.69, 9.17) is 9.47 Å². The van der Waals surface area contributed by atoms with Gasteiger partial charge in [-0.25, -0.2) is 0 Å². The van der Waals surface area contributed by atoms with Gasteiger partial charge in [-0.3, -0.25) is 9.59 Å². The molecule has 4 nitrogen and oxygen atoms in total. The topological polar surface area (TPSA) is 52.6 Å². The normalized spacial score (nSPS) is 17.9. The van der Waals surface area contributed by atoms with Crippen LogP contribution >= 0.6 is 0 Å². The van der Waals surface area contributed by atoms with Gasteiger partial charge in [0.2, 0.25) is 0 Å². The molecule has 0 aliphatic heterocycles. The Morgan fingerprint density at radius 2 is 1.76 bits per heavy atom. The fourth-order valence-electron chi connectivity index (χ4n) is 3.60. The summed E-state index contributed by atoms with van der Waals surface area (Å²) < 4.78 is 9.78. The molecule has 1 saturated carbocycles. The third-order valence-corrected chi connectivity index (χ3v) is 4.98. The molecule has 1 aromatic rings. The maximum absolute atomic E-state index is 12.2. The van der Waals surface area contributed by atoms with E-state index in [9.17, 15) is 9.59 Å². The van der Waals surface area contributed by atoms with Gasteiger partial charge in [0.1, 0.15) is 0 Å². The molecule has 0 heterocycles. The molecule has 0 N–H and O–H groups in total. The average molecular weight is 344 g/mol. The Labute approximate surface area is 150 Å². The predicted molar refractivity (Wildman–Crippen MR) is 97.0 cm³/mol. The van der Waals surface area contributed by atoms with Crippen molar-refractivity contribution in [3.8, 4) is 0 Å². The van der Waals surface area contributed by atoms with E-state index in [1.54, 1.807) is 0 Å². The Morgan fingerprint density at radius 3 is 2.40 bits per heavy atom. The number of hydrogen-bond donors (Lipinski definition) is 0. The van der Waals surface area contributed by atoms with Crippen LogP contribution in [0.15, 0.2) is 42.0 Å². The zero-order valence-corrected chi connectivity index (χ0v) is 15.3. The summed E-state index contributed by atoms with van der Waals surface area (Å²) >= 11 is 0. The summed E-state index contributed by atoms with van der Waals surface area (Å²) in [6, 6.07) is 10.5. The summed E-state index contributed by atoms with van der Waals surface area (Å²) in [5, 5.41) is 0. The summed E-state index contributed by atoms with van der Waals surface area (Å²) in [6.07, 6.45) is 9.15.